The molecule has 0 aromatic rings. The van der Waals surface area contributed by atoms with Crippen LogP contribution in [-0.4, -0.2) is 13.2 Å². The fourth-order valence-corrected chi connectivity index (χ4v) is 1.30. The lowest BCUT2D eigenvalue weighted by Gasteiger charge is -2.03. The minimum absolute atomic E-state index is 0.893. The predicted octanol–water partition coefficient (Wildman–Crippen LogP) is 3.24. The Hall–Kier alpha value is -0.0400. The fraction of sp³-hybridized carbons (Fsp3) is 1.00. The van der Waals surface area contributed by atoms with E-state index in [9.17, 15) is 0 Å². The Labute approximate surface area is 71.1 Å². The number of rotatable bonds is 3. The third kappa shape index (κ3) is 5.25. The lowest BCUT2D eigenvalue weighted by Crippen LogP contribution is -1.97. The monoisotopic (exact) mass is 158 g/mol. The molecule has 0 aromatic heterocycles. The molecule has 0 aliphatic carbocycles. The molecule has 1 aliphatic rings. The summed E-state index contributed by atoms with van der Waals surface area (Å²) in [6.45, 7) is 8.28. The molecule has 0 aromatic carbocycles. The van der Waals surface area contributed by atoms with Crippen LogP contribution in [0.2, 0.25) is 0 Å². The molecule has 0 bridgehead atoms. The van der Waals surface area contributed by atoms with Crippen LogP contribution < -0.4 is 0 Å². The molecule has 11 heavy (non-hydrogen) atoms. The largest absolute Gasteiger partial charge is 0.381 e. The predicted molar refractivity (Wildman–Crippen MR) is 49.8 cm³/mol. The first-order valence-electron chi connectivity index (χ1n) is 5.01. The molecule has 0 amide bonds. The zero-order chi connectivity index (χ0) is 8.53. The second-order valence-corrected chi connectivity index (χ2v) is 2.87. The minimum atomic E-state index is 0.893. The summed E-state index contributed by atoms with van der Waals surface area (Å²) < 4.78 is 5.25. The standard InChI is InChI=1S/C8H16O.C2H6/c1-2-3-4-8-5-6-9-7-8;1-2/h8H,2-7H2,1H3;1-2H3. The molecule has 0 radical (unpaired) electrons. The maximum absolute atomic E-state index is 5.25. The number of ether oxygens (including phenoxy) is 1. The van der Waals surface area contributed by atoms with Crippen molar-refractivity contribution in [1.82, 2.24) is 0 Å². The zero-order valence-electron chi connectivity index (χ0n) is 8.23. The van der Waals surface area contributed by atoms with Crippen molar-refractivity contribution in [2.75, 3.05) is 13.2 Å². The summed E-state index contributed by atoms with van der Waals surface area (Å²) in [7, 11) is 0. The minimum Gasteiger partial charge on any atom is -0.381 e. The first-order chi connectivity index (χ1) is 5.43. The van der Waals surface area contributed by atoms with Gasteiger partial charge in [0.05, 0.1) is 0 Å². The van der Waals surface area contributed by atoms with Crippen molar-refractivity contribution in [2.24, 2.45) is 5.92 Å². The highest BCUT2D eigenvalue weighted by molar-refractivity contribution is 4.63. The van der Waals surface area contributed by atoms with E-state index in [1.54, 1.807) is 0 Å². The number of hydrogen-bond donors (Lipinski definition) is 0. The van der Waals surface area contributed by atoms with E-state index in [1.807, 2.05) is 13.8 Å². The van der Waals surface area contributed by atoms with Gasteiger partial charge in [0.15, 0.2) is 0 Å². The van der Waals surface area contributed by atoms with E-state index >= 15 is 0 Å². The first-order valence-corrected chi connectivity index (χ1v) is 5.01. The van der Waals surface area contributed by atoms with Gasteiger partial charge < -0.3 is 4.74 Å². The molecule has 1 nitrogen and oxygen atoms in total. The van der Waals surface area contributed by atoms with Crippen LogP contribution in [-0.2, 0) is 4.74 Å². The SMILES string of the molecule is CC.CCCCC1CCOC1. The summed E-state index contributed by atoms with van der Waals surface area (Å²) in [5.74, 6) is 0.893. The Kier molecular flexibility index (Phi) is 8.03. The molecule has 1 rings (SSSR count). The van der Waals surface area contributed by atoms with Crippen LogP contribution in [0.1, 0.15) is 46.5 Å². The van der Waals surface area contributed by atoms with E-state index in [1.165, 1.54) is 25.7 Å². The molecule has 1 heteroatoms. The molecular formula is C10H22O. The quantitative estimate of drug-likeness (QED) is 0.612. The van der Waals surface area contributed by atoms with Crippen LogP contribution in [0.5, 0.6) is 0 Å². The van der Waals surface area contributed by atoms with E-state index in [0.29, 0.717) is 0 Å². The van der Waals surface area contributed by atoms with E-state index in [4.69, 9.17) is 4.74 Å². The number of unbranched alkanes of at least 4 members (excludes halogenated alkanes) is 1. The molecule has 0 saturated carbocycles. The molecule has 1 fully saturated rings. The van der Waals surface area contributed by atoms with Crippen molar-refractivity contribution in [3.05, 3.63) is 0 Å². The molecule has 1 heterocycles. The Morgan fingerprint density at radius 3 is 2.55 bits per heavy atom. The summed E-state index contributed by atoms with van der Waals surface area (Å²) >= 11 is 0. The Bertz CT molecular complexity index is 65.3. The van der Waals surface area contributed by atoms with Crippen molar-refractivity contribution in [1.29, 1.82) is 0 Å². The normalized spacial score (nSPS) is 22.6. The van der Waals surface area contributed by atoms with E-state index in [-0.39, 0.29) is 0 Å². The Balaban J connectivity index is 0.000000461. The summed E-state index contributed by atoms with van der Waals surface area (Å²) in [5, 5.41) is 0. The van der Waals surface area contributed by atoms with Crippen LogP contribution >= 0.6 is 0 Å². The van der Waals surface area contributed by atoms with Gasteiger partial charge >= 0.3 is 0 Å². The van der Waals surface area contributed by atoms with Crippen molar-refractivity contribution in [2.45, 2.75) is 46.5 Å². The van der Waals surface area contributed by atoms with E-state index in [2.05, 4.69) is 6.92 Å². The molecule has 1 atom stereocenters. The fourth-order valence-electron chi connectivity index (χ4n) is 1.30. The van der Waals surface area contributed by atoms with Gasteiger partial charge in [-0.25, -0.2) is 0 Å². The average molecular weight is 158 g/mol. The number of hydrogen-bond acceptors (Lipinski definition) is 1. The van der Waals surface area contributed by atoms with Crippen LogP contribution in [0.4, 0.5) is 0 Å². The van der Waals surface area contributed by atoms with Crippen LogP contribution in [0.15, 0.2) is 0 Å². The van der Waals surface area contributed by atoms with Gasteiger partial charge in [-0.1, -0.05) is 33.6 Å². The maximum Gasteiger partial charge on any atom is 0.0495 e. The van der Waals surface area contributed by atoms with Crippen molar-refractivity contribution < 1.29 is 4.74 Å². The van der Waals surface area contributed by atoms with Gasteiger partial charge in [0.2, 0.25) is 0 Å². The second kappa shape index (κ2) is 8.06. The summed E-state index contributed by atoms with van der Waals surface area (Å²) in [6, 6.07) is 0. The Morgan fingerprint density at radius 2 is 2.09 bits per heavy atom. The molecule has 0 N–H and O–H groups in total. The average Bonchev–Trinajstić information content (AvgIpc) is 2.57. The maximum atomic E-state index is 5.25. The van der Waals surface area contributed by atoms with Gasteiger partial charge in [-0.15, -0.1) is 0 Å². The zero-order valence-corrected chi connectivity index (χ0v) is 8.23. The lowest BCUT2D eigenvalue weighted by atomic mass is 10.0. The van der Waals surface area contributed by atoms with Crippen LogP contribution in [0.25, 0.3) is 0 Å². The summed E-state index contributed by atoms with van der Waals surface area (Å²) in [5.41, 5.74) is 0. The molecule has 0 spiro atoms. The van der Waals surface area contributed by atoms with Crippen LogP contribution in [0.3, 0.4) is 0 Å². The third-order valence-corrected chi connectivity index (χ3v) is 1.99. The van der Waals surface area contributed by atoms with Gasteiger partial charge in [-0.05, 0) is 18.8 Å². The molecular weight excluding hydrogens is 136 g/mol. The van der Waals surface area contributed by atoms with Crippen LogP contribution in [0, 0.1) is 5.92 Å². The summed E-state index contributed by atoms with van der Waals surface area (Å²) in [4.78, 5) is 0. The van der Waals surface area contributed by atoms with Gasteiger partial charge in [-0.2, -0.15) is 0 Å². The topological polar surface area (TPSA) is 9.23 Å². The highest BCUT2D eigenvalue weighted by Crippen LogP contribution is 2.18. The van der Waals surface area contributed by atoms with Crippen molar-refractivity contribution in [3.63, 3.8) is 0 Å². The van der Waals surface area contributed by atoms with Gasteiger partial charge in [0.1, 0.15) is 0 Å². The highest BCUT2D eigenvalue weighted by Gasteiger charge is 2.13. The smallest absolute Gasteiger partial charge is 0.0495 e. The second-order valence-electron chi connectivity index (χ2n) is 2.87. The lowest BCUT2D eigenvalue weighted by molar-refractivity contribution is 0.184. The first kappa shape index (κ1) is 11.0. The summed E-state index contributed by atoms with van der Waals surface area (Å²) in [6.07, 6.45) is 5.40. The van der Waals surface area contributed by atoms with Gasteiger partial charge in [-0.3, -0.25) is 0 Å². The van der Waals surface area contributed by atoms with Gasteiger partial charge in [0, 0.05) is 13.2 Å². The van der Waals surface area contributed by atoms with Crippen molar-refractivity contribution >= 4 is 0 Å². The van der Waals surface area contributed by atoms with E-state index in [0.717, 1.165) is 19.1 Å². The van der Waals surface area contributed by atoms with Gasteiger partial charge in [0.25, 0.3) is 0 Å². The molecule has 1 unspecified atom stereocenters. The molecule has 1 aliphatic heterocycles. The molecule has 1 saturated heterocycles. The third-order valence-electron chi connectivity index (χ3n) is 1.99. The van der Waals surface area contributed by atoms with Crippen molar-refractivity contribution in [3.8, 4) is 0 Å². The highest BCUT2D eigenvalue weighted by atomic mass is 16.5. The van der Waals surface area contributed by atoms with E-state index < -0.39 is 0 Å². The molecule has 68 valence electrons. The Morgan fingerprint density at radius 1 is 1.36 bits per heavy atom.